The Bertz CT molecular complexity index is 1510. The molecule has 0 aliphatic heterocycles. The minimum atomic E-state index is -3.54. The number of fused-ring (bicyclic) bond motifs is 1. The lowest BCUT2D eigenvalue weighted by Gasteiger charge is -2.19. The van der Waals surface area contributed by atoms with Gasteiger partial charge in [0.25, 0.3) is 5.91 Å². The van der Waals surface area contributed by atoms with Crippen LogP contribution in [-0.4, -0.2) is 32.6 Å². The van der Waals surface area contributed by atoms with Crippen LogP contribution < -0.4 is 14.8 Å². The number of sulfonamides is 1. The molecule has 2 aromatic carbocycles. The Labute approximate surface area is 203 Å². The van der Waals surface area contributed by atoms with Gasteiger partial charge in [0, 0.05) is 12.6 Å². The van der Waals surface area contributed by atoms with Gasteiger partial charge in [-0.25, -0.2) is 8.42 Å². The third-order valence-corrected chi connectivity index (χ3v) is 7.25. The fourth-order valence-electron chi connectivity index (χ4n) is 4.02. The van der Waals surface area contributed by atoms with Crippen LogP contribution in [0.1, 0.15) is 28.8 Å². The number of anilines is 1. The highest BCUT2D eigenvalue weighted by atomic mass is 32.2. The van der Waals surface area contributed by atoms with Crippen molar-refractivity contribution in [2.24, 2.45) is 11.7 Å². The van der Waals surface area contributed by atoms with Crippen LogP contribution in [0, 0.1) is 5.92 Å². The predicted molar refractivity (Wildman–Crippen MR) is 134 cm³/mol. The van der Waals surface area contributed by atoms with Crippen molar-refractivity contribution in [1.82, 2.24) is 4.98 Å². The van der Waals surface area contributed by atoms with Gasteiger partial charge in [-0.2, -0.15) is 4.98 Å². The number of nitrogens with zero attached hydrogens (tertiary/aromatic N) is 2. The third kappa shape index (κ3) is 4.72. The summed E-state index contributed by atoms with van der Waals surface area (Å²) in [6.07, 6.45) is 3.96. The Kier molecular flexibility index (Phi) is 5.72. The normalized spacial score (nSPS) is 13.7. The van der Waals surface area contributed by atoms with Gasteiger partial charge in [0.05, 0.1) is 17.2 Å². The molecule has 35 heavy (non-hydrogen) atoms. The van der Waals surface area contributed by atoms with Gasteiger partial charge < -0.3 is 14.9 Å². The number of benzene rings is 2. The number of aromatic nitrogens is 1. The van der Waals surface area contributed by atoms with E-state index >= 15 is 0 Å². The summed E-state index contributed by atoms with van der Waals surface area (Å²) in [7, 11) is -2.08. The standard InChI is InChI=1S/C26H25N3O5S/c1-29(35(2,31)32)25-18(14-16-8-9-16)15-21-22(24(27)30)23(34-26(21)28-25)17-10-12-20(13-11-17)33-19-6-4-3-5-7-19/h3-7,10-13,15-16H,8-9,14H2,1-2H3,(H2,27,30). The van der Waals surface area contributed by atoms with E-state index in [0.29, 0.717) is 40.6 Å². The zero-order valence-corrected chi connectivity index (χ0v) is 20.2. The molecule has 0 saturated heterocycles. The maximum absolute atomic E-state index is 12.5. The molecule has 1 aliphatic rings. The molecule has 0 atom stereocenters. The number of nitrogens with two attached hydrogens (primary N) is 1. The molecule has 0 radical (unpaired) electrons. The Morgan fingerprint density at radius 2 is 1.77 bits per heavy atom. The first-order valence-corrected chi connectivity index (χ1v) is 13.1. The summed E-state index contributed by atoms with van der Waals surface area (Å²) in [5, 5.41) is 0.471. The van der Waals surface area contributed by atoms with E-state index in [4.69, 9.17) is 14.9 Å². The molecule has 5 rings (SSSR count). The quantitative estimate of drug-likeness (QED) is 0.381. The lowest BCUT2D eigenvalue weighted by atomic mass is 10.0. The minimum absolute atomic E-state index is 0.156. The molecule has 180 valence electrons. The fourth-order valence-corrected chi connectivity index (χ4v) is 4.49. The molecule has 0 unspecified atom stereocenters. The summed E-state index contributed by atoms with van der Waals surface area (Å²) >= 11 is 0. The van der Waals surface area contributed by atoms with E-state index in [1.807, 2.05) is 30.3 Å². The summed E-state index contributed by atoms with van der Waals surface area (Å²) < 4.78 is 37.5. The second kappa shape index (κ2) is 8.74. The van der Waals surface area contributed by atoms with E-state index < -0.39 is 15.9 Å². The van der Waals surface area contributed by atoms with Crippen LogP contribution in [0.2, 0.25) is 0 Å². The van der Waals surface area contributed by atoms with Crippen molar-refractivity contribution in [2.45, 2.75) is 19.3 Å². The van der Waals surface area contributed by atoms with Crippen molar-refractivity contribution in [2.75, 3.05) is 17.6 Å². The summed E-state index contributed by atoms with van der Waals surface area (Å²) in [5.74, 6) is 1.74. The lowest BCUT2D eigenvalue weighted by molar-refractivity contribution is 0.100. The number of para-hydroxylation sites is 1. The molecular formula is C26H25N3O5S. The smallest absolute Gasteiger partial charge is 0.253 e. The maximum atomic E-state index is 12.5. The molecule has 0 bridgehead atoms. The Balaban J connectivity index is 1.59. The zero-order valence-electron chi connectivity index (χ0n) is 19.4. The van der Waals surface area contributed by atoms with Crippen molar-refractivity contribution >= 4 is 32.8 Å². The van der Waals surface area contributed by atoms with E-state index in [-0.39, 0.29) is 17.0 Å². The average Bonchev–Trinajstić information content (AvgIpc) is 3.56. The Morgan fingerprint density at radius 3 is 2.37 bits per heavy atom. The largest absolute Gasteiger partial charge is 0.457 e. The molecular weight excluding hydrogens is 466 g/mol. The summed E-state index contributed by atoms with van der Waals surface area (Å²) in [5.41, 5.74) is 7.51. The Hall–Kier alpha value is -3.85. The number of ether oxygens (including phenoxy) is 1. The van der Waals surface area contributed by atoms with E-state index in [2.05, 4.69) is 4.98 Å². The van der Waals surface area contributed by atoms with Gasteiger partial charge in [0.2, 0.25) is 15.7 Å². The second-order valence-electron chi connectivity index (χ2n) is 8.81. The number of carbonyl (C=O) groups excluding carboxylic acids is 1. The predicted octanol–water partition coefficient (Wildman–Crippen LogP) is 4.73. The van der Waals surface area contributed by atoms with E-state index in [0.717, 1.165) is 29.0 Å². The highest BCUT2D eigenvalue weighted by molar-refractivity contribution is 7.92. The van der Waals surface area contributed by atoms with Crippen LogP contribution in [0.15, 0.2) is 65.1 Å². The van der Waals surface area contributed by atoms with Crippen LogP contribution in [0.4, 0.5) is 5.82 Å². The third-order valence-electron chi connectivity index (χ3n) is 6.08. The van der Waals surface area contributed by atoms with Gasteiger partial charge in [-0.15, -0.1) is 0 Å². The fraction of sp³-hybridized carbons (Fsp3) is 0.231. The van der Waals surface area contributed by atoms with E-state index in [1.165, 1.54) is 7.05 Å². The van der Waals surface area contributed by atoms with E-state index in [9.17, 15) is 13.2 Å². The first-order valence-electron chi connectivity index (χ1n) is 11.2. The average molecular weight is 492 g/mol. The zero-order chi connectivity index (χ0) is 24.7. The first kappa shape index (κ1) is 22.9. The summed E-state index contributed by atoms with van der Waals surface area (Å²) in [6.45, 7) is 0. The molecule has 1 fully saturated rings. The monoisotopic (exact) mass is 491 g/mol. The van der Waals surface area contributed by atoms with Crippen molar-refractivity contribution in [3.8, 4) is 22.8 Å². The van der Waals surface area contributed by atoms with Gasteiger partial charge in [-0.3, -0.25) is 9.10 Å². The molecule has 1 saturated carbocycles. The lowest BCUT2D eigenvalue weighted by Crippen LogP contribution is -2.27. The number of carbonyl (C=O) groups is 1. The molecule has 0 spiro atoms. The first-order chi connectivity index (χ1) is 16.7. The number of hydrogen-bond donors (Lipinski definition) is 1. The van der Waals surface area contributed by atoms with Crippen molar-refractivity contribution in [3.05, 3.63) is 71.8 Å². The summed E-state index contributed by atoms with van der Waals surface area (Å²) in [4.78, 5) is 17.0. The number of amides is 1. The van der Waals surface area contributed by atoms with Crippen LogP contribution in [-0.2, 0) is 16.4 Å². The molecule has 1 aliphatic carbocycles. The molecule has 2 heterocycles. The van der Waals surface area contributed by atoms with Crippen molar-refractivity contribution < 1.29 is 22.4 Å². The van der Waals surface area contributed by atoms with E-state index in [1.54, 1.807) is 30.3 Å². The van der Waals surface area contributed by atoms with Crippen LogP contribution in [0.3, 0.4) is 0 Å². The molecule has 1 amide bonds. The van der Waals surface area contributed by atoms with Crippen LogP contribution >= 0.6 is 0 Å². The topological polar surface area (TPSA) is 116 Å². The number of primary amides is 1. The highest BCUT2D eigenvalue weighted by Crippen LogP contribution is 2.39. The van der Waals surface area contributed by atoms with Crippen LogP contribution in [0.5, 0.6) is 11.5 Å². The number of furan rings is 1. The number of hydrogen-bond acceptors (Lipinski definition) is 6. The Morgan fingerprint density at radius 1 is 1.11 bits per heavy atom. The van der Waals surface area contributed by atoms with Crippen molar-refractivity contribution in [1.29, 1.82) is 0 Å². The molecule has 2 aromatic heterocycles. The maximum Gasteiger partial charge on any atom is 0.253 e. The van der Waals surface area contributed by atoms with Gasteiger partial charge in [0.1, 0.15) is 23.1 Å². The second-order valence-corrected chi connectivity index (χ2v) is 10.8. The SMILES string of the molecule is CN(c1nc2oc(-c3ccc(Oc4ccccc4)cc3)c(C(N)=O)c2cc1CC1CC1)S(C)(=O)=O. The highest BCUT2D eigenvalue weighted by Gasteiger charge is 2.29. The van der Waals surface area contributed by atoms with Gasteiger partial charge in [0.15, 0.2) is 0 Å². The molecule has 8 nitrogen and oxygen atoms in total. The molecule has 4 aromatic rings. The molecule has 2 N–H and O–H groups in total. The van der Waals surface area contributed by atoms with Crippen LogP contribution in [0.25, 0.3) is 22.4 Å². The number of rotatable bonds is 8. The van der Waals surface area contributed by atoms with Gasteiger partial charge in [-0.05, 0) is 73.2 Å². The van der Waals surface area contributed by atoms with Gasteiger partial charge in [-0.1, -0.05) is 18.2 Å². The van der Waals surface area contributed by atoms with Crippen molar-refractivity contribution in [3.63, 3.8) is 0 Å². The van der Waals surface area contributed by atoms with Gasteiger partial charge >= 0.3 is 0 Å². The summed E-state index contributed by atoms with van der Waals surface area (Å²) in [6, 6.07) is 18.3. The minimum Gasteiger partial charge on any atom is -0.457 e. The number of pyridine rings is 1. The molecule has 9 heteroatoms.